The van der Waals surface area contributed by atoms with E-state index in [9.17, 15) is 0 Å². The van der Waals surface area contributed by atoms with Crippen molar-refractivity contribution >= 4 is 5.69 Å². The van der Waals surface area contributed by atoms with Crippen molar-refractivity contribution in [3.8, 4) is 0 Å². The largest absolute Gasteiger partial charge is 0.399 e. The summed E-state index contributed by atoms with van der Waals surface area (Å²) in [7, 11) is 0. The van der Waals surface area contributed by atoms with Crippen molar-refractivity contribution in [1.82, 2.24) is 0 Å². The van der Waals surface area contributed by atoms with Crippen LogP contribution in [0.1, 0.15) is 51.0 Å². The average Bonchev–Trinajstić information content (AvgIpc) is 2.34. The van der Waals surface area contributed by atoms with E-state index in [2.05, 4.69) is 6.92 Å². The van der Waals surface area contributed by atoms with E-state index < -0.39 is 0 Å². The summed E-state index contributed by atoms with van der Waals surface area (Å²) in [5.74, 6) is 0. The number of hydrogen-bond donors (Lipinski definition) is 2. The van der Waals surface area contributed by atoms with E-state index in [0.717, 1.165) is 17.8 Å². The highest BCUT2D eigenvalue weighted by molar-refractivity contribution is 5.44. The molecule has 4 N–H and O–H groups in total. The minimum Gasteiger partial charge on any atom is -0.399 e. The van der Waals surface area contributed by atoms with Gasteiger partial charge in [0.15, 0.2) is 0 Å². The number of benzene rings is 1. The van der Waals surface area contributed by atoms with Gasteiger partial charge in [-0.15, -0.1) is 0 Å². The Hall–Kier alpha value is -1.02. The van der Waals surface area contributed by atoms with Gasteiger partial charge < -0.3 is 11.5 Å². The van der Waals surface area contributed by atoms with Crippen LogP contribution in [0.4, 0.5) is 5.69 Å². The van der Waals surface area contributed by atoms with Gasteiger partial charge in [-0.3, -0.25) is 0 Å². The molecule has 0 amide bonds. The number of hydrogen-bond acceptors (Lipinski definition) is 2. The third-order valence-electron chi connectivity index (χ3n) is 2.75. The molecular formula is C15H28N2. The molecule has 0 spiro atoms. The van der Waals surface area contributed by atoms with Crippen LogP contribution < -0.4 is 11.5 Å². The average molecular weight is 236 g/mol. The molecule has 2 heteroatoms. The van der Waals surface area contributed by atoms with Crippen molar-refractivity contribution in [1.29, 1.82) is 0 Å². The molecule has 0 unspecified atom stereocenters. The van der Waals surface area contributed by atoms with Crippen LogP contribution in [0.3, 0.4) is 0 Å². The first-order valence-electron chi connectivity index (χ1n) is 6.73. The van der Waals surface area contributed by atoms with Crippen molar-refractivity contribution in [3.63, 3.8) is 0 Å². The highest BCUT2D eigenvalue weighted by Crippen LogP contribution is 2.06. The van der Waals surface area contributed by atoms with Crippen molar-refractivity contribution in [2.45, 2.75) is 52.4 Å². The van der Waals surface area contributed by atoms with Gasteiger partial charge in [0.1, 0.15) is 0 Å². The first-order chi connectivity index (χ1) is 8.22. The quantitative estimate of drug-likeness (QED) is 0.581. The van der Waals surface area contributed by atoms with Crippen LogP contribution in [-0.2, 0) is 0 Å². The third kappa shape index (κ3) is 9.88. The number of unbranched alkanes of at least 4 members (excludes halogenated alkanes) is 5. The Morgan fingerprint density at radius 3 is 2.00 bits per heavy atom. The molecule has 0 aliphatic carbocycles. The van der Waals surface area contributed by atoms with Gasteiger partial charge in [0.2, 0.25) is 0 Å². The molecule has 0 bridgehead atoms. The topological polar surface area (TPSA) is 52.0 Å². The predicted molar refractivity (Wildman–Crippen MR) is 78.0 cm³/mol. The maximum Gasteiger partial charge on any atom is 0.0343 e. The summed E-state index contributed by atoms with van der Waals surface area (Å²) in [5.41, 5.74) is 12.9. The molecule has 0 saturated carbocycles. The van der Waals surface area contributed by atoms with E-state index in [0.29, 0.717) is 0 Å². The summed E-state index contributed by atoms with van der Waals surface area (Å²) in [4.78, 5) is 0. The minimum absolute atomic E-state index is 0.867. The molecule has 0 atom stereocenters. The summed E-state index contributed by atoms with van der Waals surface area (Å²) in [6.07, 6.45) is 8.05. The highest BCUT2D eigenvalue weighted by atomic mass is 14.5. The van der Waals surface area contributed by atoms with E-state index in [-0.39, 0.29) is 0 Å². The van der Waals surface area contributed by atoms with Crippen molar-refractivity contribution in [2.24, 2.45) is 5.73 Å². The number of nitrogen functional groups attached to an aromatic ring is 1. The van der Waals surface area contributed by atoms with Crippen LogP contribution in [0.5, 0.6) is 0 Å². The number of anilines is 1. The Kier molecular flexibility index (Phi) is 10.8. The molecule has 0 saturated heterocycles. The molecule has 0 aromatic heterocycles. The molecule has 0 heterocycles. The van der Waals surface area contributed by atoms with E-state index >= 15 is 0 Å². The van der Waals surface area contributed by atoms with Crippen LogP contribution in [-0.4, -0.2) is 6.54 Å². The smallest absolute Gasteiger partial charge is 0.0343 e. The van der Waals surface area contributed by atoms with E-state index in [1.54, 1.807) is 0 Å². The molecule has 0 aliphatic rings. The van der Waals surface area contributed by atoms with Crippen molar-refractivity contribution in [3.05, 3.63) is 29.8 Å². The normalized spacial score (nSPS) is 9.59. The van der Waals surface area contributed by atoms with E-state index in [1.165, 1.54) is 38.5 Å². The molecule has 1 rings (SSSR count). The van der Waals surface area contributed by atoms with E-state index in [1.807, 2.05) is 31.2 Å². The molecule has 1 aromatic carbocycles. The van der Waals surface area contributed by atoms with Crippen molar-refractivity contribution in [2.75, 3.05) is 12.3 Å². The summed E-state index contributed by atoms with van der Waals surface area (Å²) in [6, 6.07) is 7.80. The lowest BCUT2D eigenvalue weighted by molar-refractivity contribution is 0.612. The molecule has 1 aromatic rings. The number of aryl methyl sites for hydroxylation is 1. The maximum absolute atomic E-state index is 5.52. The third-order valence-corrected chi connectivity index (χ3v) is 2.75. The monoisotopic (exact) mass is 236 g/mol. The van der Waals surface area contributed by atoms with Crippen LogP contribution in [0, 0.1) is 6.92 Å². The zero-order chi connectivity index (χ0) is 12.9. The van der Waals surface area contributed by atoms with Crippen LogP contribution in [0.25, 0.3) is 0 Å². The second kappa shape index (κ2) is 11.5. The van der Waals surface area contributed by atoms with Crippen molar-refractivity contribution < 1.29 is 0 Å². The number of nitrogens with two attached hydrogens (primary N) is 2. The lowest BCUT2D eigenvalue weighted by Gasteiger charge is -1.96. The Balaban J connectivity index is 0.000000302. The van der Waals surface area contributed by atoms with Crippen LogP contribution in [0.15, 0.2) is 24.3 Å². The first kappa shape index (κ1) is 16.0. The standard InChI is InChI=1S/C8H19N.C7H9N/c1-2-3-4-5-6-7-8-9;1-6-4-2-3-5-7(6)8/h2-9H2,1H3;2-5H,8H2,1H3. The summed E-state index contributed by atoms with van der Waals surface area (Å²) < 4.78 is 0. The lowest BCUT2D eigenvalue weighted by atomic mass is 10.1. The molecule has 98 valence electrons. The maximum atomic E-state index is 5.52. The van der Waals surface area contributed by atoms with Crippen LogP contribution in [0.2, 0.25) is 0 Å². The van der Waals surface area contributed by atoms with Gasteiger partial charge >= 0.3 is 0 Å². The zero-order valence-electron chi connectivity index (χ0n) is 11.4. The van der Waals surface area contributed by atoms with Gasteiger partial charge in [-0.25, -0.2) is 0 Å². The first-order valence-corrected chi connectivity index (χ1v) is 6.73. The second-order valence-electron chi connectivity index (χ2n) is 4.41. The number of para-hydroxylation sites is 1. The SMILES string of the molecule is CCCCCCCCN.Cc1ccccc1N. The molecule has 17 heavy (non-hydrogen) atoms. The number of rotatable bonds is 6. The highest BCUT2D eigenvalue weighted by Gasteiger charge is 1.86. The minimum atomic E-state index is 0.867. The van der Waals surface area contributed by atoms with Gasteiger partial charge in [0.25, 0.3) is 0 Å². The fraction of sp³-hybridized carbons (Fsp3) is 0.600. The Labute approximate surface area is 106 Å². The second-order valence-corrected chi connectivity index (χ2v) is 4.41. The fourth-order valence-corrected chi connectivity index (χ4v) is 1.51. The molecule has 0 radical (unpaired) electrons. The van der Waals surface area contributed by atoms with Gasteiger partial charge in [-0.2, -0.15) is 0 Å². The van der Waals surface area contributed by atoms with Gasteiger partial charge in [0, 0.05) is 5.69 Å². The van der Waals surface area contributed by atoms with Gasteiger partial charge in [-0.05, 0) is 31.5 Å². The molecule has 0 fully saturated rings. The Morgan fingerprint density at radius 1 is 0.941 bits per heavy atom. The predicted octanol–water partition coefficient (Wildman–Crippen LogP) is 3.88. The fourth-order valence-electron chi connectivity index (χ4n) is 1.51. The Bertz CT molecular complexity index is 244. The summed E-state index contributed by atoms with van der Waals surface area (Å²) >= 11 is 0. The zero-order valence-corrected chi connectivity index (χ0v) is 11.4. The van der Waals surface area contributed by atoms with Crippen LogP contribution >= 0.6 is 0 Å². The van der Waals surface area contributed by atoms with E-state index in [4.69, 9.17) is 11.5 Å². The molecule has 2 nitrogen and oxygen atoms in total. The van der Waals surface area contributed by atoms with Gasteiger partial charge in [0.05, 0.1) is 0 Å². The summed E-state index contributed by atoms with van der Waals surface area (Å²) in [6.45, 7) is 5.10. The summed E-state index contributed by atoms with van der Waals surface area (Å²) in [5, 5.41) is 0. The molecule has 0 aliphatic heterocycles. The van der Waals surface area contributed by atoms with Gasteiger partial charge in [-0.1, -0.05) is 57.2 Å². The Morgan fingerprint density at radius 2 is 1.53 bits per heavy atom. The molecular weight excluding hydrogens is 208 g/mol. The lowest BCUT2D eigenvalue weighted by Crippen LogP contribution is -1.97.